The smallest absolute Gasteiger partial charge is 0.282 e. The van der Waals surface area contributed by atoms with E-state index in [0.29, 0.717) is 0 Å². The van der Waals surface area contributed by atoms with Gasteiger partial charge in [-0.25, -0.2) is 0 Å². The number of carbonyl (C=O) groups is 1. The quantitative estimate of drug-likeness (QED) is 0.425. The third-order valence-electron chi connectivity index (χ3n) is 3.61. The molecule has 0 aliphatic heterocycles. The number of para-hydroxylation sites is 1. The molecule has 0 spiro atoms. The number of fused-ring (bicyclic) bond motifs is 1. The summed E-state index contributed by atoms with van der Waals surface area (Å²) < 4.78 is 0. The number of nitro benzene ring substituents is 1. The van der Waals surface area contributed by atoms with Crippen molar-refractivity contribution < 1.29 is 9.72 Å². The summed E-state index contributed by atoms with van der Waals surface area (Å²) in [6, 6.07) is 19.1. The lowest BCUT2D eigenvalue weighted by Crippen LogP contribution is -2.34. The van der Waals surface area contributed by atoms with Crippen LogP contribution in [-0.4, -0.2) is 15.9 Å². The topological polar surface area (TPSA) is 84.3 Å². The van der Waals surface area contributed by atoms with Crippen molar-refractivity contribution in [2.75, 3.05) is 5.32 Å². The van der Waals surface area contributed by atoms with Crippen LogP contribution in [-0.2, 0) is 0 Å². The predicted octanol–water partition coefficient (Wildman–Crippen LogP) is 3.87. The summed E-state index contributed by atoms with van der Waals surface area (Å²) in [7, 11) is 0. The van der Waals surface area contributed by atoms with Crippen LogP contribution in [0.1, 0.15) is 10.4 Å². The summed E-state index contributed by atoms with van der Waals surface area (Å²) in [6.07, 6.45) is 0. The van der Waals surface area contributed by atoms with Crippen LogP contribution in [0.15, 0.2) is 66.7 Å². The number of hydrogen-bond donors (Lipinski definition) is 2. The lowest BCUT2D eigenvalue weighted by Gasteiger charge is -2.12. The van der Waals surface area contributed by atoms with E-state index in [1.54, 1.807) is 6.07 Å². The Morgan fingerprint density at radius 2 is 1.64 bits per heavy atom. The molecule has 0 fully saturated rings. The molecule has 0 saturated heterocycles. The molecular weight excluding hydrogens is 338 g/mol. The van der Waals surface area contributed by atoms with E-state index in [1.165, 1.54) is 18.2 Å². The van der Waals surface area contributed by atoms with Crippen LogP contribution in [0.5, 0.6) is 0 Å². The van der Waals surface area contributed by atoms with Crippen molar-refractivity contribution in [1.29, 1.82) is 0 Å². The van der Waals surface area contributed by atoms with Gasteiger partial charge in [0.2, 0.25) is 0 Å². The summed E-state index contributed by atoms with van der Waals surface area (Å²) in [5, 5.41) is 18.5. The SMILES string of the molecule is O=C(NC(=S)Nc1cccc2ccccc12)c1ccccc1[N+](=O)[O-]. The van der Waals surface area contributed by atoms with Crippen molar-refractivity contribution >= 4 is 45.4 Å². The Balaban J connectivity index is 1.79. The Morgan fingerprint density at radius 1 is 0.960 bits per heavy atom. The van der Waals surface area contributed by atoms with Crippen molar-refractivity contribution in [2.45, 2.75) is 0 Å². The first kappa shape index (κ1) is 16.5. The number of nitrogens with zero attached hydrogens (tertiary/aromatic N) is 1. The third-order valence-corrected chi connectivity index (χ3v) is 3.81. The number of thiocarbonyl (C=S) groups is 1. The van der Waals surface area contributed by atoms with Gasteiger partial charge in [-0.2, -0.15) is 0 Å². The van der Waals surface area contributed by atoms with Gasteiger partial charge in [-0.3, -0.25) is 20.2 Å². The molecule has 0 saturated carbocycles. The van der Waals surface area contributed by atoms with E-state index in [4.69, 9.17) is 12.2 Å². The molecule has 3 aromatic rings. The Kier molecular flexibility index (Phi) is 4.67. The highest BCUT2D eigenvalue weighted by Gasteiger charge is 2.19. The van der Waals surface area contributed by atoms with Crippen LogP contribution in [0.25, 0.3) is 10.8 Å². The number of hydrogen-bond acceptors (Lipinski definition) is 4. The number of amides is 1. The van der Waals surface area contributed by atoms with Crippen LogP contribution >= 0.6 is 12.2 Å². The average molecular weight is 351 g/mol. The highest BCUT2D eigenvalue weighted by molar-refractivity contribution is 7.80. The first-order chi connectivity index (χ1) is 12.1. The summed E-state index contributed by atoms with van der Waals surface area (Å²) >= 11 is 5.17. The maximum atomic E-state index is 12.3. The fourth-order valence-electron chi connectivity index (χ4n) is 2.48. The molecule has 0 heterocycles. The minimum atomic E-state index is -0.634. The average Bonchev–Trinajstić information content (AvgIpc) is 2.62. The van der Waals surface area contributed by atoms with Gasteiger partial charge in [-0.15, -0.1) is 0 Å². The van der Waals surface area contributed by atoms with Crippen molar-refractivity contribution in [2.24, 2.45) is 0 Å². The van der Waals surface area contributed by atoms with Gasteiger partial charge < -0.3 is 5.32 Å². The van der Waals surface area contributed by atoms with Crippen molar-refractivity contribution in [3.8, 4) is 0 Å². The summed E-state index contributed by atoms with van der Waals surface area (Å²) in [4.78, 5) is 22.7. The number of nitrogens with one attached hydrogen (secondary N) is 2. The standard InChI is InChI=1S/C18H13N3O3S/c22-17(14-9-3-4-11-16(14)21(23)24)20-18(25)19-15-10-5-7-12-6-1-2-8-13(12)15/h1-11H,(H2,19,20,22,25). The summed E-state index contributed by atoms with van der Waals surface area (Å²) in [5.41, 5.74) is 0.425. The second kappa shape index (κ2) is 7.06. The van der Waals surface area contributed by atoms with Crippen molar-refractivity contribution in [3.63, 3.8) is 0 Å². The molecule has 0 aromatic heterocycles. The number of nitro groups is 1. The normalized spacial score (nSPS) is 10.2. The first-order valence-corrected chi connectivity index (χ1v) is 7.80. The van der Waals surface area contributed by atoms with Crippen LogP contribution < -0.4 is 10.6 Å². The molecule has 3 aromatic carbocycles. The molecule has 2 N–H and O–H groups in total. The molecular formula is C18H13N3O3S. The zero-order valence-electron chi connectivity index (χ0n) is 12.9. The van der Waals surface area contributed by atoms with Crippen LogP contribution in [0.4, 0.5) is 11.4 Å². The van der Waals surface area contributed by atoms with E-state index in [0.717, 1.165) is 16.5 Å². The van der Waals surface area contributed by atoms with Crippen molar-refractivity contribution in [1.82, 2.24) is 5.32 Å². The molecule has 25 heavy (non-hydrogen) atoms. The number of carbonyl (C=O) groups excluding carboxylic acids is 1. The Hall–Kier alpha value is -3.32. The van der Waals surface area contributed by atoms with E-state index < -0.39 is 10.8 Å². The van der Waals surface area contributed by atoms with Gasteiger partial charge in [0, 0.05) is 17.1 Å². The van der Waals surface area contributed by atoms with Gasteiger partial charge >= 0.3 is 0 Å². The molecule has 6 nitrogen and oxygen atoms in total. The summed E-state index contributed by atoms with van der Waals surface area (Å²) in [6.45, 7) is 0. The molecule has 0 atom stereocenters. The lowest BCUT2D eigenvalue weighted by molar-refractivity contribution is -0.385. The minimum Gasteiger partial charge on any atom is -0.332 e. The Bertz CT molecular complexity index is 983. The number of anilines is 1. The molecule has 0 aliphatic carbocycles. The van der Waals surface area contributed by atoms with Gasteiger partial charge in [-0.05, 0) is 29.7 Å². The molecule has 7 heteroatoms. The van der Waals surface area contributed by atoms with E-state index >= 15 is 0 Å². The molecule has 1 amide bonds. The molecule has 0 radical (unpaired) electrons. The maximum Gasteiger partial charge on any atom is 0.282 e. The second-order valence-electron chi connectivity index (χ2n) is 5.21. The van der Waals surface area contributed by atoms with Gasteiger partial charge in [-0.1, -0.05) is 48.5 Å². The van der Waals surface area contributed by atoms with Gasteiger partial charge in [0.1, 0.15) is 5.56 Å². The highest BCUT2D eigenvalue weighted by atomic mass is 32.1. The minimum absolute atomic E-state index is 0.0467. The fourth-order valence-corrected chi connectivity index (χ4v) is 2.69. The zero-order chi connectivity index (χ0) is 17.8. The van der Waals surface area contributed by atoms with Gasteiger partial charge in [0.25, 0.3) is 11.6 Å². The molecule has 3 rings (SSSR count). The first-order valence-electron chi connectivity index (χ1n) is 7.40. The van der Waals surface area contributed by atoms with E-state index in [9.17, 15) is 14.9 Å². The predicted molar refractivity (Wildman–Crippen MR) is 101 cm³/mol. The van der Waals surface area contributed by atoms with Gasteiger partial charge in [0.05, 0.1) is 4.92 Å². The van der Waals surface area contributed by atoms with Crippen LogP contribution in [0.2, 0.25) is 0 Å². The summed E-state index contributed by atoms with van der Waals surface area (Å²) in [5.74, 6) is -0.634. The monoisotopic (exact) mass is 351 g/mol. The van der Waals surface area contributed by atoms with Crippen LogP contribution in [0.3, 0.4) is 0 Å². The Morgan fingerprint density at radius 3 is 2.44 bits per heavy atom. The zero-order valence-corrected chi connectivity index (χ0v) is 13.7. The highest BCUT2D eigenvalue weighted by Crippen LogP contribution is 2.23. The van der Waals surface area contributed by atoms with E-state index in [1.807, 2.05) is 42.5 Å². The van der Waals surface area contributed by atoms with Crippen LogP contribution in [0, 0.1) is 10.1 Å². The van der Waals surface area contributed by atoms with E-state index in [-0.39, 0.29) is 16.4 Å². The second-order valence-corrected chi connectivity index (χ2v) is 5.62. The van der Waals surface area contributed by atoms with E-state index in [2.05, 4.69) is 10.6 Å². The fraction of sp³-hybridized carbons (Fsp3) is 0. The number of benzene rings is 3. The molecule has 0 unspecified atom stereocenters. The third kappa shape index (κ3) is 3.61. The molecule has 124 valence electrons. The maximum absolute atomic E-state index is 12.3. The number of rotatable bonds is 3. The molecule has 0 aliphatic rings. The Labute approximate surface area is 148 Å². The van der Waals surface area contributed by atoms with Gasteiger partial charge in [0.15, 0.2) is 5.11 Å². The largest absolute Gasteiger partial charge is 0.332 e. The lowest BCUT2D eigenvalue weighted by atomic mass is 10.1. The molecule has 0 bridgehead atoms. The van der Waals surface area contributed by atoms with Crippen molar-refractivity contribution in [3.05, 3.63) is 82.4 Å².